The van der Waals surface area contributed by atoms with E-state index in [-0.39, 0.29) is 23.6 Å². The maximum absolute atomic E-state index is 13.7. The van der Waals surface area contributed by atoms with Crippen LogP contribution in [-0.2, 0) is 22.6 Å². The molecule has 0 radical (unpaired) electrons. The van der Waals surface area contributed by atoms with Gasteiger partial charge in [0.15, 0.2) is 0 Å². The first-order valence-corrected chi connectivity index (χ1v) is 13.2. The van der Waals surface area contributed by atoms with Crippen molar-refractivity contribution in [2.24, 2.45) is 0 Å². The molecule has 5 heteroatoms. The van der Waals surface area contributed by atoms with Crippen LogP contribution in [0, 0.1) is 13.8 Å². The van der Waals surface area contributed by atoms with E-state index >= 15 is 0 Å². The second-order valence-corrected chi connectivity index (χ2v) is 10.2. The van der Waals surface area contributed by atoms with Gasteiger partial charge in [-0.2, -0.15) is 0 Å². The van der Waals surface area contributed by atoms with Crippen molar-refractivity contribution < 1.29 is 9.59 Å². The topological polar surface area (TPSA) is 49.4 Å². The molecule has 1 N–H and O–H groups in total. The van der Waals surface area contributed by atoms with Gasteiger partial charge in [-0.25, -0.2) is 0 Å². The first-order chi connectivity index (χ1) is 16.9. The third-order valence-corrected chi connectivity index (χ3v) is 7.09. The third-order valence-electron chi connectivity index (χ3n) is 6.09. The SMILES string of the molecule is CC[C@H](C)NC(=O)[C@@H](Cc1ccccc1)N(Cc1cccc(C)c1)C(=O)CSc1ccc(C)cc1. The molecule has 0 aliphatic rings. The summed E-state index contributed by atoms with van der Waals surface area (Å²) in [6.45, 7) is 8.52. The van der Waals surface area contributed by atoms with Crippen LogP contribution < -0.4 is 5.32 Å². The summed E-state index contributed by atoms with van der Waals surface area (Å²) in [7, 11) is 0. The number of thioether (sulfide) groups is 1. The largest absolute Gasteiger partial charge is 0.352 e. The van der Waals surface area contributed by atoms with Crippen LogP contribution in [0.25, 0.3) is 0 Å². The fourth-order valence-electron chi connectivity index (χ4n) is 3.86. The molecule has 4 nitrogen and oxygen atoms in total. The summed E-state index contributed by atoms with van der Waals surface area (Å²) in [5.74, 6) is 0.124. The number of nitrogens with zero attached hydrogens (tertiary/aromatic N) is 1. The van der Waals surface area contributed by atoms with E-state index in [1.165, 1.54) is 17.3 Å². The molecule has 0 aromatic heterocycles. The molecule has 35 heavy (non-hydrogen) atoms. The Kier molecular flexibility index (Phi) is 9.98. The molecule has 0 aliphatic carbocycles. The van der Waals surface area contributed by atoms with Crippen LogP contribution in [0.2, 0.25) is 0 Å². The number of rotatable bonds is 11. The molecular formula is C30H36N2O2S. The first kappa shape index (κ1) is 26.6. The summed E-state index contributed by atoms with van der Waals surface area (Å²) >= 11 is 1.51. The van der Waals surface area contributed by atoms with E-state index in [2.05, 4.69) is 23.5 Å². The van der Waals surface area contributed by atoms with Crippen molar-refractivity contribution in [3.63, 3.8) is 0 Å². The van der Waals surface area contributed by atoms with E-state index in [9.17, 15) is 9.59 Å². The first-order valence-electron chi connectivity index (χ1n) is 12.2. The lowest BCUT2D eigenvalue weighted by Gasteiger charge is -2.32. The van der Waals surface area contributed by atoms with Crippen LogP contribution in [-0.4, -0.2) is 34.6 Å². The minimum absolute atomic E-state index is 0.0404. The van der Waals surface area contributed by atoms with Crippen LogP contribution in [0.5, 0.6) is 0 Å². The number of amides is 2. The smallest absolute Gasteiger partial charge is 0.243 e. The van der Waals surface area contributed by atoms with Gasteiger partial charge in [0.1, 0.15) is 6.04 Å². The van der Waals surface area contributed by atoms with Crippen molar-refractivity contribution in [1.82, 2.24) is 10.2 Å². The molecule has 3 rings (SSSR count). The predicted octanol–water partition coefficient (Wildman–Crippen LogP) is 5.95. The van der Waals surface area contributed by atoms with E-state index in [0.29, 0.717) is 13.0 Å². The Morgan fingerprint density at radius 1 is 0.886 bits per heavy atom. The number of carbonyl (C=O) groups excluding carboxylic acids is 2. The zero-order chi connectivity index (χ0) is 25.2. The number of carbonyl (C=O) groups is 2. The second-order valence-electron chi connectivity index (χ2n) is 9.14. The van der Waals surface area contributed by atoms with E-state index < -0.39 is 6.04 Å². The van der Waals surface area contributed by atoms with E-state index in [1.54, 1.807) is 4.90 Å². The molecule has 3 aromatic carbocycles. The van der Waals surface area contributed by atoms with Gasteiger partial charge < -0.3 is 10.2 Å². The Labute approximate surface area is 214 Å². The number of benzene rings is 3. The highest BCUT2D eigenvalue weighted by Crippen LogP contribution is 2.22. The Balaban J connectivity index is 1.90. The van der Waals surface area contributed by atoms with Crippen molar-refractivity contribution in [3.8, 4) is 0 Å². The standard InChI is InChI=1S/C30H36N2O2S/c1-5-24(4)31-30(34)28(19-25-11-7-6-8-12-25)32(20-26-13-9-10-23(3)18-26)29(33)21-35-27-16-14-22(2)15-17-27/h6-18,24,28H,5,19-21H2,1-4H3,(H,31,34)/t24-,28+/m0/s1. The van der Waals surface area contributed by atoms with Gasteiger partial charge in [0.25, 0.3) is 0 Å². The monoisotopic (exact) mass is 488 g/mol. The molecule has 0 spiro atoms. The summed E-state index contributed by atoms with van der Waals surface area (Å²) in [6, 6.07) is 25.7. The van der Waals surface area contributed by atoms with Crippen LogP contribution in [0.4, 0.5) is 0 Å². The minimum Gasteiger partial charge on any atom is -0.352 e. The second kappa shape index (κ2) is 13.1. The van der Waals surface area contributed by atoms with Gasteiger partial charge in [0, 0.05) is 23.9 Å². The average Bonchev–Trinajstić information content (AvgIpc) is 2.86. The summed E-state index contributed by atoms with van der Waals surface area (Å²) in [5.41, 5.74) is 4.37. The molecule has 0 saturated heterocycles. The van der Waals surface area contributed by atoms with Crippen LogP contribution in [0.3, 0.4) is 0 Å². The summed E-state index contributed by atoms with van der Waals surface area (Å²) in [6.07, 6.45) is 1.30. The summed E-state index contributed by atoms with van der Waals surface area (Å²) in [5, 5.41) is 3.12. The molecule has 2 amide bonds. The molecule has 0 heterocycles. The molecule has 0 unspecified atom stereocenters. The van der Waals surface area contributed by atoms with Gasteiger partial charge in [-0.05, 0) is 50.5 Å². The lowest BCUT2D eigenvalue weighted by atomic mass is 10.0. The fourth-order valence-corrected chi connectivity index (χ4v) is 4.65. The fraction of sp³-hybridized carbons (Fsp3) is 0.333. The number of hydrogen-bond acceptors (Lipinski definition) is 3. The minimum atomic E-state index is -0.599. The highest BCUT2D eigenvalue weighted by Gasteiger charge is 2.31. The molecule has 0 bridgehead atoms. The Hall–Kier alpha value is -3.05. The third kappa shape index (κ3) is 8.29. The van der Waals surface area contributed by atoms with Crippen LogP contribution in [0.15, 0.2) is 83.8 Å². The molecular weight excluding hydrogens is 452 g/mol. The van der Waals surface area contributed by atoms with Crippen molar-refractivity contribution in [3.05, 3.63) is 101 Å². The molecule has 3 aromatic rings. The van der Waals surface area contributed by atoms with Gasteiger partial charge in [-0.1, -0.05) is 84.8 Å². The van der Waals surface area contributed by atoms with Gasteiger partial charge in [0.2, 0.25) is 11.8 Å². The summed E-state index contributed by atoms with van der Waals surface area (Å²) < 4.78 is 0. The predicted molar refractivity (Wildman–Crippen MR) is 145 cm³/mol. The number of nitrogens with one attached hydrogen (secondary N) is 1. The Bertz CT molecular complexity index is 1100. The quantitative estimate of drug-likeness (QED) is 0.339. The Morgan fingerprint density at radius 3 is 2.23 bits per heavy atom. The number of aryl methyl sites for hydroxylation is 2. The molecule has 0 fully saturated rings. The molecule has 0 aliphatic heterocycles. The van der Waals surface area contributed by atoms with Gasteiger partial charge in [-0.3, -0.25) is 9.59 Å². The van der Waals surface area contributed by atoms with Gasteiger partial charge in [-0.15, -0.1) is 11.8 Å². The zero-order valence-corrected chi connectivity index (χ0v) is 22.0. The zero-order valence-electron chi connectivity index (χ0n) is 21.2. The lowest BCUT2D eigenvalue weighted by Crippen LogP contribution is -2.52. The van der Waals surface area contributed by atoms with E-state index in [0.717, 1.165) is 28.0 Å². The van der Waals surface area contributed by atoms with E-state index in [4.69, 9.17) is 0 Å². The van der Waals surface area contributed by atoms with Crippen molar-refractivity contribution in [2.75, 3.05) is 5.75 Å². The van der Waals surface area contributed by atoms with Gasteiger partial charge in [0.05, 0.1) is 5.75 Å². The molecule has 2 atom stereocenters. The highest BCUT2D eigenvalue weighted by molar-refractivity contribution is 8.00. The molecule has 184 valence electrons. The normalized spacial score (nSPS) is 12.6. The molecule has 0 saturated carbocycles. The summed E-state index contributed by atoms with van der Waals surface area (Å²) in [4.78, 5) is 30.0. The lowest BCUT2D eigenvalue weighted by molar-refractivity contribution is -0.139. The van der Waals surface area contributed by atoms with Crippen LogP contribution in [0.1, 0.15) is 42.5 Å². The van der Waals surface area contributed by atoms with Gasteiger partial charge >= 0.3 is 0 Å². The van der Waals surface area contributed by atoms with Crippen molar-refractivity contribution >= 4 is 23.6 Å². The van der Waals surface area contributed by atoms with Crippen molar-refractivity contribution in [1.29, 1.82) is 0 Å². The Morgan fingerprint density at radius 2 is 1.57 bits per heavy atom. The highest BCUT2D eigenvalue weighted by atomic mass is 32.2. The van der Waals surface area contributed by atoms with Crippen molar-refractivity contribution in [2.45, 2.75) is 64.1 Å². The maximum atomic E-state index is 13.7. The average molecular weight is 489 g/mol. The number of hydrogen-bond donors (Lipinski definition) is 1. The van der Waals surface area contributed by atoms with E-state index in [1.807, 2.05) is 88.4 Å². The van der Waals surface area contributed by atoms with Crippen LogP contribution >= 0.6 is 11.8 Å². The maximum Gasteiger partial charge on any atom is 0.243 e.